The molecule has 7 nitrogen and oxygen atoms in total. The number of ether oxygens (including phenoxy) is 3. The lowest BCUT2D eigenvalue weighted by molar-refractivity contribution is -0.118. The summed E-state index contributed by atoms with van der Waals surface area (Å²) in [7, 11) is 4.69. The van der Waals surface area contributed by atoms with E-state index in [2.05, 4.69) is 0 Å². The molecule has 0 aliphatic carbocycles. The Morgan fingerprint density at radius 2 is 1.69 bits per heavy atom. The molecule has 0 saturated heterocycles. The topological polar surface area (TPSA) is 82.1 Å². The summed E-state index contributed by atoms with van der Waals surface area (Å²) >= 11 is 0. The zero-order valence-corrected chi connectivity index (χ0v) is 18.5. The third kappa shape index (κ3) is 7.07. The summed E-state index contributed by atoms with van der Waals surface area (Å²) in [6, 6.07) is 5.28. The predicted octanol–water partition coefficient (Wildman–Crippen LogP) is 3.77. The Balaban J connectivity index is 3.17. The molecule has 0 aliphatic heterocycles. The van der Waals surface area contributed by atoms with Gasteiger partial charge in [-0.05, 0) is 58.2 Å². The first-order valence-corrected chi connectivity index (χ1v) is 9.60. The number of carbonyl (C=O) groups excluding carboxylic acids is 3. The highest BCUT2D eigenvalue weighted by Crippen LogP contribution is 2.37. The van der Waals surface area contributed by atoms with E-state index in [-0.39, 0.29) is 12.2 Å². The molecular formula is C22H33NO6. The maximum Gasteiger partial charge on any atom is 0.410 e. The molecule has 0 unspecified atom stereocenters. The molecule has 1 aromatic carbocycles. The van der Waals surface area contributed by atoms with Crippen LogP contribution in [0.25, 0.3) is 0 Å². The van der Waals surface area contributed by atoms with Gasteiger partial charge in [0.05, 0.1) is 19.6 Å². The monoisotopic (exact) mass is 407 g/mol. The van der Waals surface area contributed by atoms with Gasteiger partial charge in [0.1, 0.15) is 17.7 Å². The highest BCUT2D eigenvalue weighted by molar-refractivity contribution is 5.77. The first-order valence-electron chi connectivity index (χ1n) is 9.60. The SMILES string of the molecule is COc1ccc([C@](C=O)(CCC(C)=O)CCN(C)C(=O)OC(C)(C)C)cc1OC. The zero-order chi connectivity index (χ0) is 22.2. The van der Waals surface area contributed by atoms with Crippen LogP contribution in [0.3, 0.4) is 0 Å². The van der Waals surface area contributed by atoms with Gasteiger partial charge in [-0.15, -0.1) is 0 Å². The van der Waals surface area contributed by atoms with Gasteiger partial charge in [0.2, 0.25) is 0 Å². The molecular weight excluding hydrogens is 374 g/mol. The minimum absolute atomic E-state index is 0.00259. The summed E-state index contributed by atoms with van der Waals surface area (Å²) in [6.45, 7) is 7.18. The normalized spacial score (nSPS) is 13.2. The summed E-state index contributed by atoms with van der Waals surface area (Å²) in [5, 5.41) is 0. The summed E-state index contributed by atoms with van der Waals surface area (Å²) in [6.07, 6.45) is 1.33. The first kappa shape index (κ1) is 24.5. The number of carbonyl (C=O) groups is 3. The highest BCUT2D eigenvalue weighted by atomic mass is 16.6. The van der Waals surface area contributed by atoms with Gasteiger partial charge in [0, 0.05) is 20.0 Å². The van der Waals surface area contributed by atoms with Gasteiger partial charge in [0.25, 0.3) is 0 Å². The van der Waals surface area contributed by atoms with Gasteiger partial charge in [-0.1, -0.05) is 6.07 Å². The van der Waals surface area contributed by atoms with E-state index in [1.165, 1.54) is 26.0 Å². The molecule has 1 atom stereocenters. The summed E-state index contributed by atoms with van der Waals surface area (Å²) < 4.78 is 16.0. The van der Waals surface area contributed by atoms with Crippen molar-refractivity contribution in [2.24, 2.45) is 0 Å². The Bertz CT molecular complexity index is 725. The third-order valence-corrected chi connectivity index (χ3v) is 4.71. The average Bonchev–Trinajstić information content (AvgIpc) is 2.66. The molecule has 0 fully saturated rings. The number of hydrogen-bond donors (Lipinski definition) is 0. The van der Waals surface area contributed by atoms with Crippen LogP contribution in [0.2, 0.25) is 0 Å². The third-order valence-electron chi connectivity index (χ3n) is 4.71. The van der Waals surface area contributed by atoms with E-state index in [1.807, 2.05) is 0 Å². The van der Waals surface area contributed by atoms with Crippen LogP contribution in [0.15, 0.2) is 18.2 Å². The van der Waals surface area contributed by atoms with Crippen LogP contribution in [0, 0.1) is 0 Å². The minimum Gasteiger partial charge on any atom is -0.493 e. The number of rotatable bonds is 10. The fourth-order valence-corrected chi connectivity index (χ4v) is 2.94. The molecule has 0 N–H and O–H groups in total. The fourth-order valence-electron chi connectivity index (χ4n) is 2.94. The lowest BCUT2D eigenvalue weighted by Gasteiger charge is -2.32. The maximum absolute atomic E-state index is 12.3. The van der Waals surface area contributed by atoms with Crippen LogP contribution >= 0.6 is 0 Å². The molecule has 1 rings (SSSR count). The minimum atomic E-state index is -0.943. The summed E-state index contributed by atoms with van der Waals surface area (Å²) in [4.78, 5) is 37.6. The number of amides is 1. The zero-order valence-electron chi connectivity index (χ0n) is 18.5. The van der Waals surface area contributed by atoms with Crippen LogP contribution in [-0.4, -0.2) is 56.5 Å². The van der Waals surface area contributed by atoms with Crippen molar-refractivity contribution < 1.29 is 28.6 Å². The number of aldehydes is 1. The Morgan fingerprint density at radius 3 is 2.17 bits per heavy atom. The second kappa shape index (κ2) is 10.3. The molecule has 0 spiro atoms. The molecule has 1 aromatic rings. The van der Waals surface area contributed by atoms with Gasteiger partial charge in [-0.25, -0.2) is 4.79 Å². The van der Waals surface area contributed by atoms with Crippen molar-refractivity contribution in [3.05, 3.63) is 23.8 Å². The molecule has 0 aromatic heterocycles. The lowest BCUT2D eigenvalue weighted by Crippen LogP contribution is -2.38. The van der Waals surface area contributed by atoms with Crippen LogP contribution in [-0.2, 0) is 19.7 Å². The second-order valence-corrected chi connectivity index (χ2v) is 8.20. The Hall–Kier alpha value is -2.57. The Morgan fingerprint density at radius 1 is 1.07 bits per heavy atom. The number of hydrogen-bond acceptors (Lipinski definition) is 6. The molecule has 0 bridgehead atoms. The molecule has 0 radical (unpaired) electrons. The van der Waals surface area contributed by atoms with Crippen molar-refractivity contribution in [2.45, 2.75) is 58.0 Å². The van der Waals surface area contributed by atoms with Gasteiger partial charge < -0.3 is 28.7 Å². The van der Waals surface area contributed by atoms with Crippen molar-refractivity contribution >= 4 is 18.2 Å². The number of benzene rings is 1. The Kier molecular flexibility index (Phi) is 8.67. The van der Waals surface area contributed by atoms with Crippen LogP contribution in [0.4, 0.5) is 4.79 Å². The number of ketones is 1. The quantitative estimate of drug-likeness (QED) is 0.549. The fraction of sp³-hybridized carbons (Fsp3) is 0.591. The molecule has 0 heterocycles. The summed E-state index contributed by atoms with van der Waals surface area (Å²) in [5.41, 5.74) is -0.837. The first-order chi connectivity index (χ1) is 13.5. The molecule has 162 valence electrons. The van der Waals surface area contributed by atoms with Crippen LogP contribution in [0.5, 0.6) is 11.5 Å². The van der Waals surface area contributed by atoms with Crippen molar-refractivity contribution in [3.8, 4) is 11.5 Å². The van der Waals surface area contributed by atoms with E-state index in [9.17, 15) is 14.4 Å². The molecule has 1 amide bonds. The molecule has 29 heavy (non-hydrogen) atoms. The van der Waals surface area contributed by atoms with Crippen LogP contribution < -0.4 is 9.47 Å². The standard InChI is InChI=1S/C22H33NO6/c1-16(25)10-11-22(15-24,12-13-23(5)20(26)29-21(2,3)4)17-8-9-18(27-6)19(14-17)28-7/h8-9,14-15H,10-13H2,1-7H3/t22-/m1/s1. The maximum atomic E-state index is 12.3. The van der Waals surface area contributed by atoms with E-state index in [0.29, 0.717) is 36.4 Å². The molecule has 7 heteroatoms. The van der Waals surface area contributed by atoms with Crippen molar-refractivity contribution in [2.75, 3.05) is 27.8 Å². The highest BCUT2D eigenvalue weighted by Gasteiger charge is 2.34. The van der Waals surface area contributed by atoms with E-state index >= 15 is 0 Å². The van der Waals surface area contributed by atoms with Crippen molar-refractivity contribution in [1.29, 1.82) is 0 Å². The average molecular weight is 408 g/mol. The summed E-state index contributed by atoms with van der Waals surface area (Å²) in [5.74, 6) is 1.05. The van der Waals surface area contributed by atoms with Gasteiger partial charge in [-0.2, -0.15) is 0 Å². The smallest absolute Gasteiger partial charge is 0.410 e. The predicted molar refractivity (Wildman–Crippen MR) is 111 cm³/mol. The van der Waals surface area contributed by atoms with E-state index in [0.717, 1.165) is 6.29 Å². The Labute approximate surface area is 173 Å². The number of methoxy groups -OCH3 is 2. The van der Waals surface area contributed by atoms with Crippen molar-refractivity contribution in [1.82, 2.24) is 4.90 Å². The van der Waals surface area contributed by atoms with Gasteiger partial charge >= 0.3 is 6.09 Å². The van der Waals surface area contributed by atoms with Crippen molar-refractivity contribution in [3.63, 3.8) is 0 Å². The van der Waals surface area contributed by atoms with Crippen LogP contribution in [0.1, 0.15) is 52.5 Å². The number of Topliss-reactive ketones (excluding diaryl/α,β-unsaturated/α-hetero) is 1. The van der Waals surface area contributed by atoms with E-state index in [4.69, 9.17) is 14.2 Å². The van der Waals surface area contributed by atoms with E-state index < -0.39 is 17.1 Å². The molecule has 0 saturated carbocycles. The number of nitrogens with zero attached hydrogens (tertiary/aromatic N) is 1. The lowest BCUT2D eigenvalue weighted by atomic mass is 9.74. The largest absolute Gasteiger partial charge is 0.493 e. The molecule has 0 aliphatic rings. The van der Waals surface area contributed by atoms with Gasteiger partial charge in [0.15, 0.2) is 11.5 Å². The van der Waals surface area contributed by atoms with Gasteiger partial charge in [-0.3, -0.25) is 0 Å². The van der Waals surface area contributed by atoms with E-state index in [1.54, 1.807) is 46.0 Å². The second-order valence-electron chi connectivity index (χ2n) is 8.20.